The van der Waals surface area contributed by atoms with Crippen molar-refractivity contribution in [1.29, 1.82) is 0 Å². The number of rotatable bonds is 6. The van der Waals surface area contributed by atoms with Gasteiger partial charge in [-0.1, -0.05) is 61.8 Å². The van der Waals surface area contributed by atoms with Crippen molar-refractivity contribution in [3.63, 3.8) is 0 Å². The Balaban J connectivity index is 1.85. The minimum Gasteiger partial charge on any atom is -0.0886 e. The van der Waals surface area contributed by atoms with Gasteiger partial charge in [0, 0.05) is 5.66 Å². The molecule has 3 rings (SSSR count). The van der Waals surface area contributed by atoms with Gasteiger partial charge in [0.05, 0.1) is 0 Å². The van der Waals surface area contributed by atoms with Crippen LogP contribution in [0.15, 0.2) is 23.5 Å². The van der Waals surface area contributed by atoms with Gasteiger partial charge in [0.15, 0.2) is 0 Å². The molecule has 0 aromatic carbocycles. The molecule has 2 aliphatic heterocycles. The highest BCUT2D eigenvalue weighted by molar-refractivity contribution is 7.67. The summed E-state index contributed by atoms with van der Waals surface area (Å²) in [5.74, 6) is 0. The van der Waals surface area contributed by atoms with Crippen LogP contribution >= 0.6 is 15.8 Å². The molecule has 0 N–H and O–H groups in total. The van der Waals surface area contributed by atoms with Gasteiger partial charge in [-0.2, -0.15) is 0 Å². The fraction of sp³-hybridized carbons (Fsp3) is 0.810. The number of hydrogen-bond donors (Lipinski definition) is 0. The smallest absolute Gasteiger partial charge is 0.0233 e. The van der Waals surface area contributed by atoms with Crippen molar-refractivity contribution in [2.24, 2.45) is 0 Å². The molecule has 2 saturated heterocycles. The fourth-order valence-electron chi connectivity index (χ4n) is 5.40. The lowest BCUT2D eigenvalue weighted by Crippen LogP contribution is -2.17. The maximum Gasteiger partial charge on any atom is 0.0233 e. The van der Waals surface area contributed by atoms with E-state index < -0.39 is 0 Å². The van der Waals surface area contributed by atoms with Crippen LogP contribution in [0.25, 0.3) is 0 Å². The van der Waals surface area contributed by atoms with Crippen molar-refractivity contribution in [3.8, 4) is 0 Å². The zero-order chi connectivity index (χ0) is 16.4. The molecule has 2 heterocycles. The average molecular weight is 350 g/mol. The Morgan fingerprint density at radius 3 is 1.74 bits per heavy atom. The molecule has 0 nitrogen and oxygen atoms in total. The lowest BCUT2D eigenvalue weighted by Gasteiger charge is -2.37. The molecule has 2 heteroatoms. The van der Waals surface area contributed by atoms with E-state index in [1.54, 1.807) is 0 Å². The second kappa shape index (κ2) is 8.15. The third-order valence-electron chi connectivity index (χ3n) is 6.66. The van der Waals surface area contributed by atoms with Crippen molar-refractivity contribution in [3.05, 3.63) is 23.5 Å². The Morgan fingerprint density at radius 2 is 1.26 bits per heavy atom. The van der Waals surface area contributed by atoms with E-state index in [0.29, 0.717) is 0 Å². The van der Waals surface area contributed by atoms with Gasteiger partial charge in [0.2, 0.25) is 0 Å². The number of allylic oxidation sites excluding steroid dienone is 4. The number of hydrogen-bond acceptors (Lipinski definition) is 0. The predicted molar refractivity (Wildman–Crippen MR) is 110 cm³/mol. The normalized spacial score (nSPS) is 38.6. The molecule has 3 aliphatic rings. The molecule has 0 radical (unpaired) electrons. The summed E-state index contributed by atoms with van der Waals surface area (Å²) >= 11 is 0. The SMILES string of the molecule is CC[C@H]1CC[C@H](CC)P1C1=CC=C[C@H]1P1[C@H](CC)CC[C@H]1CC. The Hall–Kier alpha value is 0.340. The van der Waals surface area contributed by atoms with E-state index in [-0.39, 0.29) is 15.8 Å². The first-order chi connectivity index (χ1) is 11.2. The minimum absolute atomic E-state index is 0.138. The van der Waals surface area contributed by atoms with Gasteiger partial charge in [0.25, 0.3) is 0 Å². The highest BCUT2D eigenvalue weighted by Gasteiger charge is 2.44. The first-order valence-corrected chi connectivity index (χ1v) is 13.2. The summed E-state index contributed by atoms with van der Waals surface area (Å²) in [4.78, 5) is 0. The van der Waals surface area contributed by atoms with E-state index in [2.05, 4.69) is 45.9 Å². The summed E-state index contributed by atoms with van der Waals surface area (Å²) in [7, 11) is 0.322. The third-order valence-corrected chi connectivity index (χ3v) is 14.7. The molecular weight excluding hydrogens is 314 g/mol. The van der Waals surface area contributed by atoms with E-state index in [0.717, 1.165) is 28.3 Å². The Kier molecular flexibility index (Phi) is 6.42. The van der Waals surface area contributed by atoms with Crippen LogP contribution in [0.1, 0.15) is 79.1 Å². The molecule has 0 amide bonds. The summed E-state index contributed by atoms with van der Waals surface area (Å²) < 4.78 is 0. The van der Waals surface area contributed by atoms with Gasteiger partial charge >= 0.3 is 0 Å². The van der Waals surface area contributed by atoms with Crippen molar-refractivity contribution in [2.75, 3.05) is 0 Å². The Bertz CT molecular complexity index is 429. The van der Waals surface area contributed by atoms with E-state index in [1.807, 2.05) is 5.31 Å². The van der Waals surface area contributed by atoms with Gasteiger partial charge in [0.1, 0.15) is 0 Å². The molecular formula is C21H36P2. The lowest BCUT2D eigenvalue weighted by molar-refractivity contribution is 0.696. The maximum atomic E-state index is 2.64. The lowest BCUT2D eigenvalue weighted by atomic mass is 10.1. The maximum absolute atomic E-state index is 2.64. The molecule has 1 aliphatic carbocycles. The first kappa shape index (κ1) is 18.1. The van der Waals surface area contributed by atoms with Crippen molar-refractivity contribution in [1.82, 2.24) is 0 Å². The predicted octanol–water partition coefficient (Wildman–Crippen LogP) is 7.47. The van der Waals surface area contributed by atoms with Crippen molar-refractivity contribution in [2.45, 2.75) is 107 Å². The molecule has 5 atom stereocenters. The van der Waals surface area contributed by atoms with Crippen LogP contribution in [0.5, 0.6) is 0 Å². The van der Waals surface area contributed by atoms with Crippen LogP contribution < -0.4 is 0 Å². The fourth-order valence-corrected chi connectivity index (χ4v) is 13.9. The van der Waals surface area contributed by atoms with Gasteiger partial charge in [-0.25, -0.2) is 0 Å². The minimum atomic E-state index is 0.138. The zero-order valence-corrected chi connectivity index (χ0v) is 17.5. The molecule has 130 valence electrons. The summed E-state index contributed by atoms with van der Waals surface area (Å²) in [5, 5.41) is 1.95. The Morgan fingerprint density at radius 1 is 0.783 bits per heavy atom. The zero-order valence-electron chi connectivity index (χ0n) is 15.7. The molecule has 0 aromatic rings. The molecule has 0 spiro atoms. The molecule has 0 aromatic heterocycles. The summed E-state index contributed by atoms with van der Waals surface area (Å²) in [5.41, 5.74) is 5.02. The van der Waals surface area contributed by atoms with Crippen molar-refractivity contribution >= 4 is 15.8 Å². The van der Waals surface area contributed by atoms with Gasteiger partial charge < -0.3 is 0 Å². The van der Waals surface area contributed by atoms with Crippen LogP contribution in [-0.2, 0) is 0 Å². The van der Waals surface area contributed by atoms with Gasteiger partial charge in [-0.05, 0) is 79.3 Å². The second-order valence-corrected chi connectivity index (χ2v) is 13.4. The molecule has 0 bridgehead atoms. The molecule has 0 unspecified atom stereocenters. The standard InChI is InChI=1S/C21H36P2/c1-5-16-12-13-17(6-2)22(16)20-10-9-11-21(20)23-18(7-3)14-15-19(23)8-4/h9-11,16-20H,5-8,12-15H2,1-4H3/t16-,17-,18+,19+,20-/m1/s1. The topological polar surface area (TPSA) is 0 Å². The van der Waals surface area contributed by atoms with Crippen LogP contribution in [-0.4, -0.2) is 28.3 Å². The molecule has 23 heavy (non-hydrogen) atoms. The van der Waals surface area contributed by atoms with Crippen LogP contribution in [0, 0.1) is 0 Å². The van der Waals surface area contributed by atoms with E-state index in [4.69, 9.17) is 0 Å². The largest absolute Gasteiger partial charge is 0.0886 e. The summed E-state index contributed by atoms with van der Waals surface area (Å²) in [6, 6.07) is 0. The van der Waals surface area contributed by atoms with E-state index >= 15 is 0 Å². The van der Waals surface area contributed by atoms with Crippen LogP contribution in [0.4, 0.5) is 0 Å². The van der Waals surface area contributed by atoms with Crippen LogP contribution in [0.3, 0.4) is 0 Å². The monoisotopic (exact) mass is 350 g/mol. The van der Waals surface area contributed by atoms with Crippen LogP contribution in [0.2, 0.25) is 0 Å². The molecule has 2 fully saturated rings. The third kappa shape index (κ3) is 3.37. The Labute approximate surface area is 147 Å². The highest BCUT2D eigenvalue weighted by atomic mass is 31.1. The average Bonchev–Trinajstić information content (AvgIpc) is 3.29. The quantitative estimate of drug-likeness (QED) is 0.436. The van der Waals surface area contributed by atoms with E-state index in [1.165, 1.54) is 51.4 Å². The van der Waals surface area contributed by atoms with Crippen molar-refractivity contribution < 1.29 is 0 Å². The second-order valence-electron chi connectivity index (χ2n) is 7.68. The first-order valence-electron chi connectivity index (χ1n) is 10.2. The van der Waals surface area contributed by atoms with Gasteiger partial charge in [-0.3, -0.25) is 0 Å². The highest BCUT2D eigenvalue weighted by Crippen LogP contribution is 2.72. The van der Waals surface area contributed by atoms with E-state index in [9.17, 15) is 0 Å². The molecule has 0 saturated carbocycles. The summed E-state index contributed by atoms with van der Waals surface area (Å²) in [6.07, 6.45) is 19.4. The summed E-state index contributed by atoms with van der Waals surface area (Å²) in [6.45, 7) is 9.79. The van der Waals surface area contributed by atoms with Gasteiger partial charge in [-0.15, -0.1) is 0 Å².